The number of rotatable bonds is 7. The van der Waals surface area contributed by atoms with Crippen LogP contribution in [0.15, 0.2) is 64.6 Å². The van der Waals surface area contributed by atoms with Crippen LogP contribution in [0.3, 0.4) is 0 Å². The zero-order valence-electron chi connectivity index (χ0n) is 14.0. The van der Waals surface area contributed by atoms with E-state index in [0.29, 0.717) is 5.69 Å². The molecule has 134 valence electrons. The van der Waals surface area contributed by atoms with Gasteiger partial charge in [-0.25, -0.2) is 8.42 Å². The molecule has 0 spiro atoms. The number of nitrogens with two attached hydrogens (primary N) is 1. The fourth-order valence-corrected chi connectivity index (χ4v) is 3.87. The molecule has 2 rings (SSSR count). The van der Waals surface area contributed by atoms with Gasteiger partial charge in [0.1, 0.15) is 11.0 Å². The minimum Gasteiger partial charge on any atom is -0.382 e. The molecular formula is C17H18N6O2S. The van der Waals surface area contributed by atoms with Crippen LogP contribution in [0.5, 0.6) is 0 Å². The number of sulfonamides is 1. The molecule has 2 aromatic carbocycles. The van der Waals surface area contributed by atoms with Gasteiger partial charge in [0, 0.05) is 6.54 Å². The highest BCUT2D eigenvalue weighted by molar-refractivity contribution is 7.93. The highest BCUT2D eigenvalue weighted by Gasteiger charge is 2.26. The van der Waals surface area contributed by atoms with Crippen LogP contribution in [0, 0.1) is 16.7 Å². The molecule has 0 saturated heterocycles. The molecule has 9 heteroatoms. The molecule has 0 aliphatic carbocycles. The summed E-state index contributed by atoms with van der Waals surface area (Å²) in [6, 6.07) is 16.6. The zero-order valence-corrected chi connectivity index (χ0v) is 14.9. The summed E-state index contributed by atoms with van der Waals surface area (Å²) in [4.78, 5) is -0.00436. The molecule has 0 saturated carbocycles. The summed E-state index contributed by atoms with van der Waals surface area (Å²) >= 11 is 0. The summed E-state index contributed by atoms with van der Waals surface area (Å²) in [5, 5.41) is 19.9. The highest BCUT2D eigenvalue weighted by Crippen LogP contribution is 2.28. The summed E-state index contributed by atoms with van der Waals surface area (Å²) < 4.78 is 27.5. The summed E-state index contributed by atoms with van der Waals surface area (Å²) in [7, 11) is -3.88. The van der Waals surface area contributed by atoms with Gasteiger partial charge in [-0.05, 0) is 31.2 Å². The Balaban J connectivity index is 2.48. The molecule has 0 aliphatic heterocycles. The third-order valence-electron chi connectivity index (χ3n) is 3.44. The Kier molecular flexibility index (Phi) is 5.93. The third kappa shape index (κ3) is 3.99. The van der Waals surface area contributed by atoms with Crippen LogP contribution < -0.4 is 15.5 Å². The van der Waals surface area contributed by atoms with Gasteiger partial charge in [0.25, 0.3) is 10.0 Å². The number of para-hydroxylation sites is 2. The molecule has 8 nitrogen and oxygen atoms in total. The van der Waals surface area contributed by atoms with Gasteiger partial charge < -0.3 is 5.73 Å². The zero-order chi connectivity index (χ0) is 19.2. The lowest BCUT2D eigenvalue weighted by Crippen LogP contribution is -2.31. The molecule has 4 N–H and O–H groups in total. The van der Waals surface area contributed by atoms with Crippen LogP contribution in [-0.2, 0) is 10.0 Å². The Morgan fingerprint density at radius 1 is 1.23 bits per heavy atom. The Labute approximate surface area is 152 Å². The van der Waals surface area contributed by atoms with Crippen molar-refractivity contribution in [2.75, 3.05) is 16.3 Å². The van der Waals surface area contributed by atoms with E-state index in [0.717, 1.165) is 0 Å². The molecular weight excluding hydrogens is 352 g/mol. The SMILES string of the molecule is CCN(c1ccccc1)S(=O)(=O)c1ccccc1N/N=C(\C#N)C(=N)N. The largest absolute Gasteiger partial charge is 0.382 e. The molecule has 0 unspecified atom stereocenters. The Bertz CT molecular complexity index is 964. The monoisotopic (exact) mass is 370 g/mol. The van der Waals surface area contributed by atoms with Crippen molar-refractivity contribution < 1.29 is 8.42 Å². The van der Waals surface area contributed by atoms with Crippen LogP contribution in [0.25, 0.3) is 0 Å². The van der Waals surface area contributed by atoms with Gasteiger partial charge in [0.15, 0.2) is 5.84 Å². The van der Waals surface area contributed by atoms with Crippen molar-refractivity contribution in [1.29, 1.82) is 10.7 Å². The number of benzene rings is 2. The van der Waals surface area contributed by atoms with E-state index >= 15 is 0 Å². The standard InChI is InChI=1S/C17H18N6O2S/c1-2-23(13-8-4-3-5-9-13)26(24,25)16-11-7-6-10-14(16)21-22-15(12-18)17(19)20/h3-11,21H,2H2,1H3,(H3,19,20)/b22-15+. The molecule has 0 radical (unpaired) electrons. The number of anilines is 2. The first kappa shape index (κ1) is 19.0. The number of hydrazone groups is 1. The van der Waals surface area contributed by atoms with Crippen molar-refractivity contribution in [1.82, 2.24) is 0 Å². The Morgan fingerprint density at radius 3 is 2.42 bits per heavy atom. The maximum Gasteiger partial charge on any atom is 0.266 e. The first-order chi connectivity index (χ1) is 12.4. The van der Waals surface area contributed by atoms with Gasteiger partial charge in [0.05, 0.1) is 11.4 Å². The van der Waals surface area contributed by atoms with E-state index in [9.17, 15) is 8.42 Å². The van der Waals surface area contributed by atoms with E-state index in [1.807, 2.05) is 0 Å². The minimum absolute atomic E-state index is 0.00436. The average Bonchev–Trinajstić information content (AvgIpc) is 2.63. The van der Waals surface area contributed by atoms with Gasteiger partial charge in [-0.1, -0.05) is 30.3 Å². The van der Waals surface area contributed by atoms with Crippen LogP contribution in [-0.4, -0.2) is 26.5 Å². The lowest BCUT2D eigenvalue weighted by Gasteiger charge is -2.24. The topological polar surface area (TPSA) is 135 Å². The normalized spacial score (nSPS) is 11.5. The second-order valence-electron chi connectivity index (χ2n) is 5.10. The second kappa shape index (κ2) is 8.13. The molecule has 0 heterocycles. The predicted molar refractivity (Wildman–Crippen MR) is 102 cm³/mol. The minimum atomic E-state index is -3.88. The molecule has 0 aromatic heterocycles. The van der Waals surface area contributed by atoms with E-state index in [1.54, 1.807) is 55.5 Å². The maximum atomic E-state index is 13.1. The van der Waals surface area contributed by atoms with Gasteiger partial charge in [-0.2, -0.15) is 10.4 Å². The smallest absolute Gasteiger partial charge is 0.266 e. The molecule has 0 aliphatic rings. The summed E-state index contributed by atoms with van der Waals surface area (Å²) in [6.45, 7) is 1.98. The van der Waals surface area contributed by atoms with Crippen molar-refractivity contribution in [2.24, 2.45) is 10.8 Å². The van der Waals surface area contributed by atoms with E-state index in [-0.39, 0.29) is 22.8 Å². The Morgan fingerprint density at radius 2 is 1.85 bits per heavy atom. The molecule has 0 bridgehead atoms. The molecule has 2 aromatic rings. The summed E-state index contributed by atoms with van der Waals surface area (Å²) in [6.07, 6.45) is 0. The number of nitrogens with one attached hydrogen (secondary N) is 2. The van der Waals surface area contributed by atoms with Crippen molar-refractivity contribution in [3.05, 3.63) is 54.6 Å². The quantitative estimate of drug-likeness (QED) is 0.390. The number of nitrogens with zero attached hydrogens (tertiary/aromatic N) is 3. The first-order valence-electron chi connectivity index (χ1n) is 7.66. The maximum absolute atomic E-state index is 13.1. The van der Waals surface area contributed by atoms with Gasteiger partial charge in [-0.3, -0.25) is 15.1 Å². The second-order valence-corrected chi connectivity index (χ2v) is 6.93. The molecule has 26 heavy (non-hydrogen) atoms. The van der Waals surface area contributed by atoms with E-state index in [1.165, 1.54) is 16.4 Å². The molecule has 0 amide bonds. The van der Waals surface area contributed by atoms with Crippen LogP contribution in [0.4, 0.5) is 11.4 Å². The fourth-order valence-electron chi connectivity index (χ4n) is 2.25. The highest BCUT2D eigenvalue weighted by atomic mass is 32.2. The van der Waals surface area contributed by atoms with Gasteiger partial charge >= 0.3 is 0 Å². The fraction of sp³-hybridized carbons (Fsp3) is 0.118. The van der Waals surface area contributed by atoms with Gasteiger partial charge in [-0.15, -0.1) is 0 Å². The van der Waals surface area contributed by atoms with Crippen LogP contribution >= 0.6 is 0 Å². The van der Waals surface area contributed by atoms with E-state index in [4.69, 9.17) is 16.4 Å². The van der Waals surface area contributed by atoms with Crippen molar-refractivity contribution in [3.8, 4) is 6.07 Å². The summed E-state index contributed by atoms with van der Waals surface area (Å²) in [5.74, 6) is -0.514. The number of hydrogen-bond acceptors (Lipinski definition) is 6. The van der Waals surface area contributed by atoms with Gasteiger partial charge in [0.2, 0.25) is 5.71 Å². The molecule has 0 atom stereocenters. The molecule has 0 fully saturated rings. The van der Waals surface area contributed by atoms with Crippen LogP contribution in [0.1, 0.15) is 6.92 Å². The van der Waals surface area contributed by atoms with Crippen LogP contribution in [0.2, 0.25) is 0 Å². The number of amidine groups is 1. The lowest BCUT2D eigenvalue weighted by molar-refractivity contribution is 0.592. The third-order valence-corrected chi connectivity index (χ3v) is 5.40. The van der Waals surface area contributed by atoms with E-state index in [2.05, 4.69) is 10.5 Å². The average molecular weight is 370 g/mol. The number of nitriles is 1. The van der Waals surface area contributed by atoms with Crippen molar-refractivity contribution >= 4 is 32.9 Å². The Hall–Kier alpha value is -3.38. The van der Waals surface area contributed by atoms with Crippen molar-refractivity contribution in [3.63, 3.8) is 0 Å². The predicted octanol–water partition coefficient (Wildman–Crippen LogP) is 2.13. The van der Waals surface area contributed by atoms with Crippen molar-refractivity contribution in [2.45, 2.75) is 11.8 Å². The summed E-state index contributed by atoms with van der Waals surface area (Å²) in [5.41, 5.74) is 8.14. The first-order valence-corrected chi connectivity index (χ1v) is 9.10. The van der Waals surface area contributed by atoms with E-state index < -0.39 is 15.9 Å². The number of hydrogen-bond donors (Lipinski definition) is 3. The lowest BCUT2D eigenvalue weighted by atomic mass is 10.3.